The van der Waals surface area contributed by atoms with E-state index in [0.717, 1.165) is 24.5 Å². The Balaban J connectivity index is 1.27. The molecule has 2 aromatic heterocycles. The van der Waals surface area contributed by atoms with Crippen LogP contribution in [0.1, 0.15) is 28.4 Å². The summed E-state index contributed by atoms with van der Waals surface area (Å²) in [6.45, 7) is 5.26. The Hall–Kier alpha value is -4.39. The van der Waals surface area contributed by atoms with Crippen molar-refractivity contribution in [3.63, 3.8) is 0 Å². The molecule has 0 atom stereocenters. The maximum atomic E-state index is 14.1. The molecule has 0 bridgehead atoms. The molecule has 0 aliphatic carbocycles. The fourth-order valence-electron chi connectivity index (χ4n) is 5.39. The molecule has 1 fully saturated rings. The first-order valence-electron chi connectivity index (χ1n) is 14.5. The molecule has 45 heavy (non-hydrogen) atoms. The minimum Gasteiger partial charge on any atom is -0.493 e. The number of aromatic nitrogens is 3. The van der Waals surface area contributed by atoms with Crippen LogP contribution < -0.4 is 15.4 Å². The Morgan fingerprint density at radius 1 is 0.978 bits per heavy atom. The summed E-state index contributed by atoms with van der Waals surface area (Å²) in [5.74, 6) is 0.332. The van der Waals surface area contributed by atoms with Crippen LogP contribution in [0.15, 0.2) is 66.9 Å². The molecule has 3 heterocycles. The zero-order valence-electron chi connectivity index (χ0n) is 24.7. The zero-order valence-corrected chi connectivity index (χ0v) is 25.4. The monoisotopic (exact) mass is 637 g/mol. The third kappa shape index (κ3) is 6.82. The average Bonchev–Trinajstić information content (AvgIpc) is 3.39. The summed E-state index contributed by atoms with van der Waals surface area (Å²) in [5.41, 5.74) is 0.971. The number of halogens is 4. The third-order valence-electron chi connectivity index (χ3n) is 7.75. The highest BCUT2D eigenvalue weighted by atomic mass is 35.5. The summed E-state index contributed by atoms with van der Waals surface area (Å²) in [7, 11) is 2.00. The summed E-state index contributed by atoms with van der Waals surface area (Å²) < 4.78 is 49.8. The largest absolute Gasteiger partial charge is 0.493 e. The Morgan fingerprint density at radius 3 is 2.51 bits per heavy atom. The van der Waals surface area contributed by atoms with Gasteiger partial charge in [0.1, 0.15) is 10.9 Å². The Bertz CT molecular complexity index is 1870. The van der Waals surface area contributed by atoms with Crippen LogP contribution >= 0.6 is 11.6 Å². The first-order valence-corrected chi connectivity index (χ1v) is 14.9. The van der Waals surface area contributed by atoms with Crippen molar-refractivity contribution in [2.75, 3.05) is 50.5 Å². The molecule has 0 spiro atoms. The van der Waals surface area contributed by atoms with Crippen LogP contribution in [0.3, 0.4) is 0 Å². The molecule has 6 rings (SSSR count). The van der Waals surface area contributed by atoms with Crippen LogP contribution in [0.25, 0.3) is 16.4 Å². The molecule has 234 valence electrons. The van der Waals surface area contributed by atoms with E-state index in [1.54, 1.807) is 41.9 Å². The third-order valence-corrected chi connectivity index (χ3v) is 7.95. The van der Waals surface area contributed by atoms with Gasteiger partial charge in [0, 0.05) is 44.1 Å². The van der Waals surface area contributed by atoms with Gasteiger partial charge >= 0.3 is 6.18 Å². The number of alkyl halides is 3. The number of benzene rings is 3. The van der Waals surface area contributed by atoms with E-state index in [1.807, 2.05) is 30.1 Å². The Kier molecular flexibility index (Phi) is 8.54. The quantitative estimate of drug-likeness (QED) is 0.196. The molecule has 0 unspecified atom stereocenters. The number of likely N-dealkylation sites (N-methyl/N-ethyl adjacent to an activating group) is 1. The summed E-state index contributed by atoms with van der Waals surface area (Å²) in [4.78, 5) is 22.0. The summed E-state index contributed by atoms with van der Waals surface area (Å²) in [6.07, 6.45) is -2.95. The SMILES string of the molecule is CCOc1cc2ccc(Nc3cnc4ccc(Cl)nn34)cc2cc1C(=O)Nc1ccc(CN2CCN(C)CC2)c(C(F)(F)F)c1. The first-order chi connectivity index (χ1) is 21.6. The predicted molar refractivity (Wildman–Crippen MR) is 169 cm³/mol. The molecule has 1 aliphatic rings. The molecule has 9 nitrogen and oxygen atoms in total. The minimum absolute atomic E-state index is 0.0474. The maximum absolute atomic E-state index is 14.1. The molecular formula is C32H31ClF3N7O2. The zero-order chi connectivity index (χ0) is 31.7. The number of carbonyl (C=O) groups excluding carboxylic acids is 1. The second-order valence-corrected chi connectivity index (χ2v) is 11.3. The van der Waals surface area contributed by atoms with Gasteiger partial charge in [-0.2, -0.15) is 22.8 Å². The summed E-state index contributed by atoms with van der Waals surface area (Å²) in [6, 6.07) is 16.4. The van der Waals surface area contributed by atoms with Gasteiger partial charge in [-0.05, 0) is 78.8 Å². The van der Waals surface area contributed by atoms with Crippen molar-refractivity contribution in [3.05, 3.63) is 88.7 Å². The number of ether oxygens (including phenoxy) is 1. The molecular weight excluding hydrogens is 607 g/mol. The standard InChI is InChI=1S/C32H31ClF3N7O2/c1-3-45-27-16-20-4-6-23(38-30-18-37-29-9-8-28(33)40-43(29)30)14-22(20)15-25(27)31(44)39-24-7-5-21(26(17-24)32(34,35)36)19-42-12-10-41(2)11-13-42/h4-9,14-18,38H,3,10-13,19H2,1-2H3,(H,39,44). The number of hydrogen-bond donors (Lipinski definition) is 2. The van der Waals surface area contributed by atoms with Crippen molar-refractivity contribution < 1.29 is 22.7 Å². The highest BCUT2D eigenvalue weighted by molar-refractivity contribution is 6.29. The number of piperazine rings is 1. The van der Waals surface area contributed by atoms with Crippen molar-refractivity contribution in [2.24, 2.45) is 0 Å². The van der Waals surface area contributed by atoms with E-state index in [4.69, 9.17) is 16.3 Å². The van der Waals surface area contributed by atoms with Crippen molar-refractivity contribution in [3.8, 4) is 5.75 Å². The van der Waals surface area contributed by atoms with E-state index in [0.29, 0.717) is 53.1 Å². The second kappa shape index (κ2) is 12.5. The highest BCUT2D eigenvalue weighted by Gasteiger charge is 2.34. The highest BCUT2D eigenvalue weighted by Crippen LogP contribution is 2.35. The lowest BCUT2D eigenvalue weighted by atomic mass is 10.0. The van der Waals surface area contributed by atoms with Gasteiger partial charge in [-0.15, -0.1) is 0 Å². The topological polar surface area (TPSA) is 87.0 Å². The maximum Gasteiger partial charge on any atom is 0.416 e. The van der Waals surface area contributed by atoms with Gasteiger partial charge in [0.15, 0.2) is 11.5 Å². The van der Waals surface area contributed by atoms with Crippen LogP contribution in [-0.4, -0.2) is 70.1 Å². The molecule has 1 aliphatic heterocycles. The molecule has 1 saturated heterocycles. The molecule has 5 aromatic rings. The molecule has 0 saturated carbocycles. The predicted octanol–water partition coefficient (Wildman–Crippen LogP) is 6.70. The molecule has 3 aromatic carbocycles. The number of amides is 1. The second-order valence-electron chi connectivity index (χ2n) is 10.9. The van der Waals surface area contributed by atoms with Crippen LogP contribution in [0.4, 0.5) is 30.4 Å². The van der Waals surface area contributed by atoms with E-state index in [1.165, 1.54) is 12.1 Å². The fraction of sp³-hybridized carbons (Fsp3) is 0.281. The molecule has 1 amide bonds. The van der Waals surface area contributed by atoms with E-state index >= 15 is 0 Å². The first kappa shape index (κ1) is 30.6. The molecule has 0 radical (unpaired) electrons. The number of rotatable bonds is 8. The van der Waals surface area contributed by atoms with Gasteiger partial charge in [0.05, 0.1) is 23.9 Å². The van der Waals surface area contributed by atoms with E-state index < -0.39 is 17.6 Å². The minimum atomic E-state index is -4.58. The van der Waals surface area contributed by atoms with E-state index in [-0.39, 0.29) is 23.4 Å². The van der Waals surface area contributed by atoms with E-state index in [2.05, 4.69) is 25.6 Å². The van der Waals surface area contributed by atoms with Gasteiger partial charge in [-0.25, -0.2) is 4.98 Å². The van der Waals surface area contributed by atoms with Crippen molar-refractivity contribution >= 4 is 51.1 Å². The lowest BCUT2D eigenvalue weighted by Gasteiger charge is -2.33. The van der Waals surface area contributed by atoms with Crippen LogP contribution in [0, 0.1) is 0 Å². The fourth-order valence-corrected chi connectivity index (χ4v) is 5.53. The Labute approximate surface area is 262 Å². The van der Waals surface area contributed by atoms with Crippen molar-refractivity contribution in [2.45, 2.75) is 19.6 Å². The lowest BCUT2D eigenvalue weighted by Crippen LogP contribution is -2.44. The Morgan fingerprint density at radius 2 is 1.76 bits per heavy atom. The van der Waals surface area contributed by atoms with Gasteiger partial charge in [0.2, 0.25) is 0 Å². The van der Waals surface area contributed by atoms with Gasteiger partial charge in [-0.3, -0.25) is 9.69 Å². The average molecular weight is 638 g/mol. The van der Waals surface area contributed by atoms with Gasteiger partial charge in [-0.1, -0.05) is 23.7 Å². The number of carbonyl (C=O) groups is 1. The lowest BCUT2D eigenvalue weighted by molar-refractivity contribution is -0.138. The molecule has 13 heteroatoms. The van der Waals surface area contributed by atoms with Crippen LogP contribution in [-0.2, 0) is 12.7 Å². The number of hydrogen-bond acceptors (Lipinski definition) is 7. The number of imidazole rings is 1. The smallest absolute Gasteiger partial charge is 0.416 e. The van der Waals surface area contributed by atoms with Gasteiger partial charge in [0.25, 0.3) is 5.91 Å². The van der Waals surface area contributed by atoms with Crippen molar-refractivity contribution in [1.82, 2.24) is 24.4 Å². The number of fused-ring (bicyclic) bond motifs is 2. The number of nitrogens with one attached hydrogen (secondary N) is 2. The number of nitrogens with zero attached hydrogens (tertiary/aromatic N) is 5. The summed E-state index contributed by atoms with van der Waals surface area (Å²) >= 11 is 6.06. The molecule has 2 N–H and O–H groups in total. The van der Waals surface area contributed by atoms with Gasteiger partial charge < -0.3 is 20.3 Å². The number of anilines is 3. The van der Waals surface area contributed by atoms with Crippen LogP contribution in [0.5, 0.6) is 5.75 Å². The van der Waals surface area contributed by atoms with Crippen molar-refractivity contribution in [1.29, 1.82) is 0 Å². The van der Waals surface area contributed by atoms with E-state index in [9.17, 15) is 18.0 Å². The van der Waals surface area contributed by atoms with Crippen LogP contribution in [0.2, 0.25) is 5.15 Å². The normalized spacial score (nSPS) is 14.6. The summed E-state index contributed by atoms with van der Waals surface area (Å²) in [5, 5.41) is 12.0.